The third kappa shape index (κ3) is 5.05. The third-order valence-corrected chi connectivity index (χ3v) is 8.03. The highest BCUT2D eigenvalue weighted by atomic mass is 32.2. The second-order valence-electron chi connectivity index (χ2n) is 10.5. The molecule has 0 radical (unpaired) electrons. The molecular formula is C29H33N3O3S. The first kappa shape index (κ1) is 24.6. The van der Waals surface area contributed by atoms with Crippen LogP contribution >= 0.6 is 0 Å². The van der Waals surface area contributed by atoms with Gasteiger partial charge in [0.2, 0.25) is 0 Å². The summed E-state index contributed by atoms with van der Waals surface area (Å²) in [6.45, 7) is 6.31. The maximum Gasteiger partial charge on any atom is 0.261 e. The summed E-state index contributed by atoms with van der Waals surface area (Å²) in [5.74, 6) is 0. The number of hydrogen-bond acceptors (Lipinski definition) is 4. The lowest BCUT2D eigenvalue weighted by molar-refractivity contribution is 0.0696. The predicted octanol–water partition coefficient (Wildman–Crippen LogP) is 6.33. The fourth-order valence-electron chi connectivity index (χ4n) is 4.47. The molecule has 36 heavy (non-hydrogen) atoms. The van der Waals surface area contributed by atoms with Crippen LogP contribution in [-0.4, -0.2) is 26.6 Å². The summed E-state index contributed by atoms with van der Waals surface area (Å²) >= 11 is 0. The van der Waals surface area contributed by atoms with E-state index >= 15 is 0 Å². The highest BCUT2D eigenvalue weighted by Gasteiger charge is 2.29. The maximum absolute atomic E-state index is 13.2. The molecule has 0 spiro atoms. The Bertz CT molecular complexity index is 1470. The Balaban J connectivity index is 1.53. The van der Waals surface area contributed by atoms with Crippen LogP contribution in [0.3, 0.4) is 0 Å². The number of anilines is 1. The molecule has 1 fully saturated rings. The van der Waals surface area contributed by atoms with Gasteiger partial charge < -0.3 is 9.72 Å². The van der Waals surface area contributed by atoms with Crippen molar-refractivity contribution >= 4 is 26.6 Å². The Morgan fingerprint density at radius 1 is 0.972 bits per heavy atom. The Labute approximate surface area is 213 Å². The van der Waals surface area contributed by atoms with Gasteiger partial charge in [-0.3, -0.25) is 10.0 Å². The zero-order valence-electron chi connectivity index (χ0n) is 21.1. The lowest BCUT2D eigenvalue weighted by atomic mass is 9.87. The van der Waals surface area contributed by atoms with E-state index in [1.54, 1.807) is 25.3 Å². The van der Waals surface area contributed by atoms with E-state index in [0.29, 0.717) is 11.7 Å². The second kappa shape index (κ2) is 9.39. The molecule has 188 valence electrons. The molecule has 5 rings (SSSR count). The van der Waals surface area contributed by atoms with Gasteiger partial charge in [-0.25, -0.2) is 8.42 Å². The number of rotatable bonds is 8. The van der Waals surface area contributed by atoms with E-state index in [0.717, 1.165) is 46.1 Å². The van der Waals surface area contributed by atoms with Crippen molar-refractivity contribution < 1.29 is 13.2 Å². The Morgan fingerprint density at radius 2 is 1.67 bits per heavy atom. The van der Waals surface area contributed by atoms with E-state index < -0.39 is 10.0 Å². The molecule has 1 unspecified atom stereocenters. The Morgan fingerprint density at radius 3 is 2.28 bits per heavy atom. The zero-order valence-corrected chi connectivity index (χ0v) is 21.9. The normalized spacial score (nSPS) is 15.2. The Hall–Kier alpha value is -3.13. The molecule has 1 atom stereocenters. The summed E-state index contributed by atoms with van der Waals surface area (Å²) in [7, 11) is -2.04. The topological polar surface area (TPSA) is 83.2 Å². The summed E-state index contributed by atoms with van der Waals surface area (Å²) in [6, 6.07) is 23.2. The fraction of sp³-hybridized carbons (Fsp3) is 0.310. The first-order valence-corrected chi connectivity index (χ1v) is 13.8. The van der Waals surface area contributed by atoms with Gasteiger partial charge in [-0.1, -0.05) is 63.2 Å². The summed E-state index contributed by atoms with van der Waals surface area (Å²) < 4.78 is 35.0. The number of aromatic amines is 1. The van der Waals surface area contributed by atoms with E-state index in [2.05, 4.69) is 47.9 Å². The van der Waals surface area contributed by atoms with E-state index in [1.807, 2.05) is 42.5 Å². The average Bonchev–Trinajstić information content (AvgIpc) is 3.60. The SMILES string of the molecule is COC(NC1CC1)c1[nH]c2ccc(NS(=O)(=O)c3ccc(C(C)(C)C)cc3)cc2c1-c1ccccc1. The molecule has 0 saturated heterocycles. The van der Waals surface area contributed by atoms with Gasteiger partial charge >= 0.3 is 0 Å². The molecule has 6 nitrogen and oxygen atoms in total. The molecule has 1 aromatic heterocycles. The number of fused-ring (bicyclic) bond motifs is 1. The van der Waals surface area contributed by atoms with Crippen LogP contribution in [0.2, 0.25) is 0 Å². The molecule has 7 heteroatoms. The van der Waals surface area contributed by atoms with E-state index in [1.165, 1.54) is 0 Å². The van der Waals surface area contributed by atoms with Crippen molar-refractivity contribution in [3.63, 3.8) is 0 Å². The van der Waals surface area contributed by atoms with Crippen molar-refractivity contribution in [1.82, 2.24) is 10.3 Å². The smallest absolute Gasteiger partial charge is 0.261 e. The highest BCUT2D eigenvalue weighted by molar-refractivity contribution is 7.92. The number of aromatic nitrogens is 1. The van der Waals surface area contributed by atoms with Gasteiger partial charge in [0.05, 0.1) is 10.6 Å². The molecule has 1 saturated carbocycles. The van der Waals surface area contributed by atoms with Gasteiger partial charge in [0.25, 0.3) is 10.0 Å². The number of benzene rings is 3. The number of nitrogens with one attached hydrogen (secondary N) is 3. The van der Waals surface area contributed by atoms with Crippen molar-refractivity contribution in [1.29, 1.82) is 0 Å². The molecule has 1 aliphatic rings. The zero-order chi connectivity index (χ0) is 25.5. The standard InChI is InChI=1S/C29H33N3O3S/c1-29(2,3)20-10-15-23(16-11-20)36(33,34)32-22-14-17-25-24(18-22)26(19-8-6-5-7-9-19)27(31-25)28(35-4)30-21-12-13-21/h5-11,14-18,21,28,30-32H,12-13H2,1-4H3. The Kier molecular flexibility index (Phi) is 6.41. The van der Waals surface area contributed by atoms with Gasteiger partial charge in [0.15, 0.2) is 0 Å². The molecule has 4 aromatic rings. The minimum absolute atomic E-state index is 0.0466. The molecule has 1 heterocycles. The van der Waals surface area contributed by atoms with Crippen LogP contribution < -0.4 is 10.0 Å². The molecule has 3 aromatic carbocycles. The summed E-state index contributed by atoms with van der Waals surface area (Å²) in [4.78, 5) is 3.76. The van der Waals surface area contributed by atoms with Crippen LogP contribution in [0.4, 0.5) is 5.69 Å². The molecular weight excluding hydrogens is 470 g/mol. The number of methoxy groups -OCH3 is 1. The van der Waals surface area contributed by atoms with E-state index in [4.69, 9.17) is 4.74 Å². The molecule has 1 aliphatic carbocycles. The van der Waals surface area contributed by atoms with Crippen LogP contribution in [0.15, 0.2) is 77.7 Å². The maximum atomic E-state index is 13.2. The molecule has 3 N–H and O–H groups in total. The third-order valence-electron chi connectivity index (χ3n) is 6.64. The molecule has 0 amide bonds. The highest BCUT2D eigenvalue weighted by Crippen LogP contribution is 2.38. The molecule has 0 bridgehead atoms. The summed E-state index contributed by atoms with van der Waals surface area (Å²) in [5.41, 5.74) is 5.44. The van der Waals surface area contributed by atoms with E-state index in [-0.39, 0.29) is 16.5 Å². The van der Waals surface area contributed by atoms with Gasteiger partial charge in [-0.15, -0.1) is 0 Å². The van der Waals surface area contributed by atoms with Crippen LogP contribution in [-0.2, 0) is 20.2 Å². The minimum Gasteiger partial charge on any atom is -0.361 e. The summed E-state index contributed by atoms with van der Waals surface area (Å²) in [6.07, 6.45) is 1.99. The van der Waals surface area contributed by atoms with E-state index in [9.17, 15) is 8.42 Å². The monoisotopic (exact) mass is 503 g/mol. The first-order chi connectivity index (χ1) is 17.2. The van der Waals surface area contributed by atoms with Crippen LogP contribution in [0.1, 0.15) is 51.1 Å². The van der Waals surface area contributed by atoms with Crippen LogP contribution in [0, 0.1) is 0 Å². The van der Waals surface area contributed by atoms with Gasteiger partial charge in [0, 0.05) is 35.3 Å². The lowest BCUT2D eigenvalue weighted by Gasteiger charge is -2.19. The van der Waals surface area contributed by atoms with Crippen molar-refractivity contribution in [3.8, 4) is 11.1 Å². The lowest BCUT2D eigenvalue weighted by Crippen LogP contribution is -2.25. The number of H-pyrrole nitrogens is 1. The van der Waals surface area contributed by atoms with Gasteiger partial charge in [-0.2, -0.15) is 0 Å². The minimum atomic E-state index is -3.74. The van der Waals surface area contributed by atoms with Gasteiger partial charge in [0.1, 0.15) is 6.23 Å². The predicted molar refractivity (Wildman–Crippen MR) is 146 cm³/mol. The average molecular weight is 504 g/mol. The number of ether oxygens (including phenoxy) is 1. The van der Waals surface area contributed by atoms with Crippen molar-refractivity contribution in [2.45, 2.75) is 56.2 Å². The van der Waals surface area contributed by atoms with Gasteiger partial charge in [-0.05, 0) is 59.7 Å². The fourth-order valence-corrected chi connectivity index (χ4v) is 5.52. The number of sulfonamides is 1. The van der Waals surface area contributed by atoms with Crippen molar-refractivity contribution in [2.75, 3.05) is 11.8 Å². The quantitative estimate of drug-likeness (QED) is 0.245. The van der Waals surface area contributed by atoms with Crippen molar-refractivity contribution in [2.24, 2.45) is 0 Å². The second-order valence-corrected chi connectivity index (χ2v) is 12.2. The first-order valence-electron chi connectivity index (χ1n) is 12.3. The summed E-state index contributed by atoms with van der Waals surface area (Å²) in [5, 5.41) is 4.48. The number of hydrogen-bond donors (Lipinski definition) is 3. The largest absolute Gasteiger partial charge is 0.361 e. The van der Waals surface area contributed by atoms with Crippen LogP contribution in [0.5, 0.6) is 0 Å². The van der Waals surface area contributed by atoms with Crippen molar-refractivity contribution in [3.05, 3.63) is 84.1 Å². The van der Waals surface area contributed by atoms with Crippen LogP contribution in [0.25, 0.3) is 22.0 Å². The molecule has 0 aliphatic heterocycles.